The van der Waals surface area contributed by atoms with Gasteiger partial charge in [0.05, 0.1) is 52.9 Å². The van der Waals surface area contributed by atoms with Crippen molar-refractivity contribution in [1.82, 2.24) is 0 Å². The number of unbranched alkanes of at least 4 members (excludes halogenated alkanes) is 7. The molecule has 6 nitrogen and oxygen atoms in total. The van der Waals surface area contributed by atoms with Crippen LogP contribution in [0.15, 0.2) is 0 Å². The summed E-state index contributed by atoms with van der Waals surface area (Å²) in [6.45, 7) is 8.74. The van der Waals surface area contributed by atoms with Crippen molar-refractivity contribution in [2.24, 2.45) is 0 Å². The lowest BCUT2D eigenvalue weighted by molar-refractivity contribution is -0.169. The Labute approximate surface area is 178 Å². The molecular weight excluding hydrogens is 372 g/mol. The molecule has 0 aromatic heterocycles. The maximum Gasteiger partial charge on any atom is 0.157 e. The molecule has 1 fully saturated rings. The van der Waals surface area contributed by atoms with E-state index in [4.69, 9.17) is 28.4 Å². The Morgan fingerprint density at radius 2 is 1.10 bits per heavy atom. The van der Waals surface area contributed by atoms with Crippen molar-refractivity contribution in [2.45, 2.75) is 83.8 Å². The summed E-state index contributed by atoms with van der Waals surface area (Å²) in [4.78, 5) is 0. The normalized spacial score (nSPS) is 17.1. The molecule has 0 aliphatic carbocycles. The van der Waals surface area contributed by atoms with E-state index in [2.05, 4.69) is 6.92 Å². The molecule has 1 saturated heterocycles. The monoisotopic (exact) mass is 418 g/mol. The van der Waals surface area contributed by atoms with Crippen LogP contribution in [0.2, 0.25) is 0 Å². The minimum absolute atomic E-state index is 0.0370. The van der Waals surface area contributed by atoms with Gasteiger partial charge in [-0.05, 0) is 25.7 Å². The van der Waals surface area contributed by atoms with Crippen LogP contribution in [-0.2, 0) is 28.4 Å². The van der Waals surface area contributed by atoms with Gasteiger partial charge < -0.3 is 28.4 Å². The number of hydrogen-bond donors (Lipinski definition) is 0. The van der Waals surface area contributed by atoms with Gasteiger partial charge >= 0.3 is 0 Å². The highest BCUT2D eigenvalue weighted by molar-refractivity contribution is 4.53. The van der Waals surface area contributed by atoms with E-state index in [0.717, 1.165) is 32.5 Å². The standard InChI is InChI=1S/C23H46O6/c1-2-3-4-5-6-7-8-10-13-24-15-16-25-17-18-26-19-20-27-21-22-29-23-12-9-11-14-28-23/h23H,2-22H2,1H3. The van der Waals surface area contributed by atoms with Gasteiger partial charge in [0, 0.05) is 13.2 Å². The SMILES string of the molecule is CCCCCCCCCCOCCOCCOCCOCCOC1CCCCO1. The molecule has 174 valence electrons. The average Bonchev–Trinajstić information content (AvgIpc) is 2.75. The Hall–Kier alpha value is -0.240. The second-order valence-corrected chi connectivity index (χ2v) is 7.59. The zero-order chi connectivity index (χ0) is 20.7. The van der Waals surface area contributed by atoms with E-state index in [1.807, 2.05) is 0 Å². The Balaban J connectivity index is 1.63. The van der Waals surface area contributed by atoms with Gasteiger partial charge in [0.1, 0.15) is 0 Å². The zero-order valence-electron chi connectivity index (χ0n) is 18.9. The minimum Gasteiger partial charge on any atom is -0.379 e. The second-order valence-electron chi connectivity index (χ2n) is 7.59. The molecule has 0 aromatic rings. The lowest BCUT2D eigenvalue weighted by Crippen LogP contribution is -2.24. The average molecular weight is 419 g/mol. The van der Waals surface area contributed by atoms with E-state index in [9.17, 15) is 0 Å². The van der Waals surface area contributed by atoms with Crippen LogP contribution in [0.25, 0.3) is 0 Å². The van der Waals surface area contributed by atoms with Gasteiger partial charge in [-0.15, -0.1) is 0 Å². The molecule has 1 aliphatic rings. The summed E-state index contributed by atoms with van der Waals surface area (Å²) < 4.78 is 33.2. The van der Waals surface area contributed by atoms with Crippen LogP contribution >= 0.6 is 0 Å². The Morgan fingerprint density at radius 3 is 1.66 bits per heavy atom. The largest absolute Gasteiger partial charge is 0.379 e. The molecule has 1 aliphatic heterocycles. The molecule has 0 N–H and O–H groups in total. The van der Waals surface area contributed by atoms with E-state index in [1.54, 1.807) is 0 Å². The molecule has 6 heteroatoms. The van der Waals surface area contributed by atoms with Crippen molar-refractivity contribution in [3.8, 4) is 0 Å². The van der Waals surface area contributed by atoms with Crippen molar-refractivity contribution in [3.05, 3.63) is 0 Å². The molecule has 1 rings (SSSR count). The van der Waals surface area contributed by atoms with Crippen LogP contribution in [0.3, 0.4) is 0 Å². The van der Waals surface area contributed by atoms with Crippen LogP contribution in [0.5, 0.6) is 0 Å². The first-order valence-electron chi connectivity index (χ1n) is 12.0. The van der Waals surface area contributed by atoms with Crippen molar-refractivity contribution >= 4 is 0 Å². The third-order valence-electron chi connectivity index (χ3n) is 4.93. The fraction of sp³-hybridized carbons (Fsp3) is 1.00. The maximum atomic E-state index is 5.60. The third kappa shape index (κ3) is 19.5. The Kier molecular flexibility index (Phi) is 20.7. The van der Waals surface area contributed by atoms with E-state index in [-0.39, 0.29) is 6.29 Å². The summed E-state index contributed by atoms with van der Waals surface area (Å²) in [6.07, 6.45) is 13.9. The van der Waals surface area contributed by atoms with Crippen molar-refractivity contribution < 1.29 is 28.4 Å². The maximum absolute atomic E-state index is 5.60. The van der Waals surface area contributed by atoms with E-state index in [0.29, 0.717) is 52.9 Å². The quantitative estimate of drug-likeness (QED) is 0.237. The molecule has 0 aromatic carbocycles. The summed E-state index contributed by atoms with van der Waals surface area (Å²) in [5.74, 6) is 0. The number of rotatable bonds is 22. The van der Waals surface area contributed by atoms with E-state index < -0.39 is 0 Å². The first-order chi connectivity index (χ1) is 14.4. The molecule has 0 saturated carbocycles. The fourth-order valence-corrected chi connectivity index (χ4v) is 3.18. The second kappa shape index (κ2) is 22.4. The van der Waals surface area contributed by atoms with Crippen LogP contribution < -0.4 is 0 Å². The Bertz CT molecular complexity index is 310. The summed E-state index contributed by atoms with van der Waals surface area (Å²) in [5, 5.41) is 0. The molecule has 0 spiro atoms. The topological polar surface area (TPSA) is 55.4 Å². The van der Waals surface area contributed by atoms with Crippen LogP contribution in [0, 0.1) is 0 Å². The molecule has 0 bridgehead atoms. The zero-order valence-corrected chi connectivity index (χ0v) is 18.9. The first kappa shape index (κ1) is 26.8. The smallest absolute Gasteiger partial charge is 0.157 e. The minimum atomic E-state index is -0.0370. The summed E-state index contributed by atoms with van der Waals surface area (Å²) in [7, 11) is 0. The Morgan fingerprint density at radius 1 is 0.586 bits per heavy atom. The molecule has 0 amide bonds. The third-order valence-corrected chi connectivity index (χ3v) is 4.93. The van der Waals surface area contributed by atoms with E-state index in [1.165, 1.54) is 51.4 Å². The van der Waals surface area contributed by atoms with Gasteiger partial charge in [-0.2, -0.15) is 0 Å². The van der Waals surface area contributed by atoms with Gasteiger partial charge in [0.15, 0.2) is 6.29 Å². The van der Waals surface area contributed by atoms with Gasteiger partial charge in [-0.1, -0.05) is 51.9 Å². The molecule has 1 atom stereocenters. The molecule has 0 radical (unpaired) electrons. The lowest BCUT2D eigenvalue weighted by Gasteiger charge is -2.22. The number of hydrogen-bond acceptors (Lipinski definition) is 6. The van der Waals surface area contributed by atoms with Crippen molar-refractivity contribution in [1.29, 1.82) is 0 Å². The van der Waals surface area contributed by atoms with Gasteiger partial charge in [0.2, 0.25) is 0 Å². The summed E-state index contributed by atoms with van der Waals surface area (Å²) in [5.41, 5.74) is 0. The van der Waals surface area contributed by atoms with Gasteiger partial charge in [-0.25, -0.2) is 0 Å². The van der Waals surface area contributed by atoms with Gasteiger partial charge in [0.25, 0.3) is 0 Å². The van der Waals surface area contributed by atoms with Crippen molar-refractivity contribution in [2.75, 3.05) is 66.1 Å². The predicted molar refractivity (Wildman–Crippen MR) is 115 cm³/mol. The van der Waals surface area contributed by atoms with Crippen LogP contribution in [0.1, 0.15) is 77.6 Å². The first-order valence-corrected chi connectivity index (χ1v) is 12.0. The number of ether oxygens (including phenoxy) is 6. The van der Waals surface area contributed by atoms with Crippen LogP contribution in [-0.4, -0.2) is 72.4 Å². The highest BCUT2D eigenvalue weighted by Gasteiger charge is 2.13. The molecular formula is C23H46O6. The van der Waals surface area contributed by atoms with Gasteiger partial charge in [-0.3, -0.25) is 0 Å². The van der Waals surface area contributed by atoms with E-state index >= 15 is 0 Å². The summed E-state index contributed by atoms with van der Waals surface area (Å²) >= 11 is 0. The predicted octanol–water partition coefficient (Wildman–Crippen LogP) is 4.74. The van der Waals surface area contributed by atoms with Crippen LogP contribution in [0.4, 0.5) is 0 Å². The highest BCUT2D eigenvalue weighted by atomic mass is 16.7. The molecule has 1 heterocycles. The molecule has 29 heavy (non-hydrogen) atoms. The summed E-state index contributed by atoms with van der Waals surface area (Å²) in [6, 6.07) is 0. The fourth-order valence-electron chi connectivity index (χ4n) is 3.18. The lowest BCUT2D eigenvalue weighted by atomic mass is 10.1. The highest BCUT2D eigenvalue weighted by Crippen LogP contribution is 2.13. The molecule has 1 unspecified atom stereocenters. The van der Waals surface area contributed by atoms with Crippen molar-refractivity contribution in [3.63, 3.8) is 0 Å².